The average molecular weight is 189 g/mol. The summed E-state index contributed by atoms with van der Waals surface area (Å²) in [5, 5.41) is 0. The minimum atomic E-state index is -0.0955. The number of nitrogens with one attached hydrogen (secondary N) is 1. The minimum absolute atomic E-state index is 0.0955. The number of hydrazine groups is 1. The van der Waals surface area contributed by atoms with Crippen LogP contribution in [0.15, 0.2) is 0 Å². The summed E-state index contributed by atoms with van der Waals surface area (Å²) in [5.41, 5.74) is 2.15. The summed E-state index contributed by atoms with van der Waals surface area (Å²) in [6.45, 7) is 2.45. The van der Waals surface area contributed by atoms with Crippen molar-refractivity contribution in [1.82, 2.24) is 10.3 Å². The molecule has 0 bridgehead atoms. The van der Waals surface area contributed by atoms with Gasteiger partial charge in [-0.2, -0.15) is 11.8 Å². The summed E-state index contributed by atoms with van der Waals surface area (Å²) in [6, 6.07) is 0. The van der Waals surface area contributed by atoms with Gasteiger partial charge in [0.1, 0.15) is 0 Å². The van der Waals surface area contributed by atoms with Crippen LogP contribution in [0.25, 0.3) is 0 Å². The van der Waals surface area contributed by atoms with E-state index in [9.17, 15) is 4.79 Å². The monoisotopic (exact) mass is 189 g/mol. The van der Waals surface area contributed by atoms with Gasteiger partial charge in [-0.1, -0.05) is 0 Å². The molecule has 0 aromatic carbocycles. The molecule has 1 aliphatic rings. The highest BCUT2D eigenvalue weighted by Crippen LogP contribution is 2.08. The SMILES string of the molecule is NNC(=O)CN1CCCSCC1. The number of nitrogens with two attached hydrogens (primary N) is 1. The van der Waals surface area contributed by atoms with Crippen molar-refractivity contribution in [2.75, 3.05) is 31.1 Å². The maximum atomic E-state index is 10.9. The van der Waals surface area contributed by atoms with E-state index in [1.54, 1.807) is 0 Å². The Morgan fingerprint density at radius 3 is 3.08 bits per heavy atom. The van der Waals surface area contributed by atoms with Crippen LogP contribution < -0.4 is 11.3 Å². The molecule has 0 aliphatic carbocycles. The van der Waals surface area contributed by atoms with Gasteiger partial charge in [-0.3, -0.25) is 15.1 Å². The quantitative estimate of drug-likeness (QED) is 0.346. The molecule has 0 unspecified atom stereocenters. The molecule has 1 heterocycles. The summed E-state index contributed by atoms with van der Waals surface area (Å²) in [5.74, 6) is 7.23. The summed E-state index contributed by atoms with van der Waals surface area (Å²) in [4.78, 5) is 13.0. The fourth-order valence-corrected chi connectivity index (χ4v) is 2.13. The normalized spacial score (nSPS) is 20.1. The number of rotatable bonds is 2. The highest BCUT2D eigenvalue weighted by Gasteiger charge is 2.11. The van der Waals surface area contributed by atoms with E-state index in [-0.39, 0.29) is 5.91 Å². The van der Waals surface area contributed by atoms with Crippen LogP contribution in [0.2, 0.25) is 0 Å². The van der Waals surface area contributed by atoms with Gasteiger partial charge in [0.15, 0.2) is 0 Å². The largest absolute Gasteiger partial charge is 0.294 e. The number of carbonyl (C=O) groups is 1. The van der Waals surface area contributed by atoms with E-state index in [4.69, 9.17) is 5.84 Å². The van der Waals surface area contributed by atoms with Crippen molar-refractivity contribution in [2.24, 2.45) is 5.84 Å². The molecule has 0 saturated carbocycles. The van der Waals surface area contributed by atoms with Crippen LogP contribution in [0.4, 0.5) is 0 Å². The second-order valence-electron chi connectivity index (χ2n) is 2.81. The van der Waals surface area contributed by atoms with E-state index in [1.807, 2.05) is 11.8 Å². The van der Waals surface area contributed by atoms with E-state index in [1.165, 1.54) is 12.2 Å². The van der Waals surface area contributed by atoms with Crippen molar-refractivity contribution in [3.63, 3.8) is 0 Å². The van der Waals surface area contributed by atoms with Crippen LogP contribution in [0.3, 0.4) is 0 Å². The Labute approximate surface area is 76.8 Å². The lowest BCUT2D eigenvalue weighted by atomic mass is 10.4. The number of thioether (sulfide) groups is 1. The van der Waals surface area contributed by atoms with Crippen LogP contribution in [0, 0.1) is 0 Å². The van der Waals surface area contributed by atoms with Gasteiger partial charge in [0.05, 0.1) is 6.54 Å². The smallest absolute Gasteiger partial charge is 0.248 e. The van der Waals surface area contributed by atoms with Crippen molar-refractivity contribution in [3.8, 4) is 0 Å². The van der Waals surface area contributed by atoms with Gasteiger partial charge in [0, 0.05) is 12.3 Å². The lowest BCUT2D eigenvalue weighted by Gasteiger charge is -2.17. The molecule has 1 aliphatic heterocycles. The maximum absolute atomic E-state index is 10.9. The average Bonchev–Trinajstić information content (AvgIpc) is 2.33. The van der Waals surface area contributed by atoms with Gasteiger partial charge in [0.25, 0.3) is 0 Å². The third-order valence-electron chi connectivity index (χ3n) is 1.84. The van der Waals surface area contributed by atoms with E-state index in [2.05, 4.69) is 10.3 Å². The first kappa shape index (κ1) is 9.83. The van der Waals surface area contributed by atoms with E-state index >= 15 is 0 Å². The minimum Gasteiger partial charge on any atom is -0.294 e. The molecule has 12 heavy (non-hydrogen) atoms. The molecule has 3 N–H and O–H groups in total. The van der Waals surface area contributed by atoms with Crippen LogP contribution >= 0.6 is 11.8 Å². The van der Waals surface area contributed by atoms with Crippen molar-refractivity contribution >= 4 is 17.7 Å². The lowest BCUT2D eigenvalue weighted by Crippen LogP contribution is -2.41. The summed E-state index contributed by atoms with van der Waals surface area (Å²) in [7, 11) is 0. The third kappa shape index (κ3) is 3.42. The highest BCUT2D eigenvalue weighted by molar-refractivity contribution is 7.99. The van der Waals surface area contributed by atoms with Gasteiger partial charge in [-0.25, -0.2) is 5.84 Å². The Bertz CT molecular complexity index is 146. The zero-order valence-electron chi connectivity index (χ0n) is 7.08. The van der Waals surface area contributed by atoms with Gasteiger partial charge >= 0.3 is 0 Å². The number of nitrogens with zero attached hydrogens (tertiary/aromatic N) is 1. The Balaban J connectivity index is 2.24. The van der Waals surface area contributed by atoms with E-state index < -0.39 is 0 Å². The van der Waals surface area contributed by atoms with Gasteiger partial charge < -0.3 is 0 Å². The molecular weight excluding hydrogens is 174 g/mol. The van der Waals surface area contributed by atoms with Crippen LogP contribution in [-0.2, 0) is 4.79 Å². The molecule has 1 fully saturated rings. The van der Waals surface area contributed by atoms with E-state index in [0.717, 1.165) is 18.8 Å². The zero-order valence-corrected chi connectivity index (χ0v) is 7.90. The number of hydrogen-bond acceptors (Lipinski definition) is 4. The Morgan fingerprint density at radius 2 is 2.33 bits per heavy atom. The van der Waals surface area contributed by atoms with Gasteiger partial charge in [-0.15, -0.1) is 0 Å². The first-order chi connectivity index (χ1) is 5.83. The third-order valence-corrected chi connectivity index (χ3v) is 2.89. The molecular formula is C7H15N3OS. The summed E-state index contributed by atoms with van der Waals surface area (Å²) < 4.78 is 0. The molecule has 0 aromatic rings. The van der Waals surface area contributed by atoms with Crippen LogP contribution in [0.5, 0.6) is 0 Å². The Hall–Kier alpha value is -0.260. The maximum Gasteiger partial charge on any atom is 0.248 e. The van der Waals surface area contributed by atoms with E-state index in [0.29, 0.717) is 6.54 Å². The lowest BCUT2D eigenvalue weighted by molar-refractivity contribution is -0.122. The molecule has 0 spiro atoms. The molecule has 1 amide bonds. The first-order valence-corrected chi connectivity index (χ1v) is 5.28. The topological polar surface area (TPSA) is 58.4 Å². The van der Waals surface area contributed by atoms with Crippen molar-refractivity contribution in [1.29, 1.82) is 0 Å². The predicted molar refractivity (Wildman–Crippen MR) is 50.7 cm³/mol. The summed E-state index contributed by atoms with van der Waals surface area (Å²) in [6.07, 6.45) is 1.17. The van der Waals surface area contributed by atoms with Gasteiger partial charge in [0.2, 0.25) is 5.91 Å². The zero-order chi connectivity index (χ0) is 8.81. The fourth-order valence-electron chi connectivity index (χ4n) is 1.20. The highest BCUT2D eigenvalue weighted by atomic mass is 32.2. The predicted octanol–water partition coefficient (Wildman–Crippen LogP) is -0.585. The van der Waals surface area contributed by atoms with Crippen molar-refractivity contribution in [2.45, 2.75) is 6.42 Å². The molecule has 70 valence electrons. The molecule has 5 heteroatoms. The summed E-state index contributed by atoms with van der Waals surface area (Å²) >= 11 is 1.95. The molecule has 0 atom stereocenters. The molecule has 0 aromatic heterocycles. The second-order valence-corrected chi connectivity index (χ2v) is 4.03. The molecule has 4 nitrogen and oxygen atoms in total. The molecule has 1 rings (SSSR count). The Kier molecular flexibility index (Phi) is 4.42. The molecule has 1 saturated heterocycles. The number of hydrogen-bond donors (Lipinski definition) is 2. The van der Waals surface area contributed by atoms with Gasteiger partial charge in [-0.05, 0) is 18.7 Å². The van der Waals surface area contributed by atoms with Crippen LogP contribution in [0.1, 0.15) is 6.42 Å². The second kappa shape index (κ2) is 5.40. The number of carbonyl (C=O) groups excluding carboxylic acids is 1. The fraction of sp³-hybridized carbons (Fsp3) is 0.857. The Morgan fingerprint density at radius 1 is 1.50 bits per heavy atom. The molecule has 0 radical (unpaired) electrons. The number of amides is 1. The van der Waals surface area contributed by atoms with Crippen molar-refractivity contribution < 1.29 is 4.79 Å². The van der Waals surface area contributed by atoms with Crippen molar-refractivity contribution in [3.05, 3.63) is 0 Å². The van der Waals surface area contributed by atoms with Crippen LogP contribution in [-0.4, -0.2) is 41.9 Å². The first-order valence-electron chi connectivity index (χ1n) is 4.12. The standard InChI is InChI=1S/C7H15N3OS/c8-9-7(11)6-10-2-1-4-12-5-3-10/h1-6,8H2,(H,9,11).